The van der Waals surface area contributed by atoms with Gasteiger partial charge in [-0.2, -0.15) is 14.9 Å². The second-order valence-corrected chi connectivity index (χ2v) is 5.35. The molecular weight excluding hydrogens is 342 g/mol. The number of nitrogens with one attached hydrogen (secondary N) is 1. The average Bonchev–Trinajstić information content (AvgIpc) is 3.00. The second kappa shape index (κ2) is 7.05. The molecule has 1 N–H and O–H groups in total. The van der Waals surface area contributed by atoms with Crippen molar-refractivity contribution in [2.24, 2.45) is 5.10 Å². The summed E-state index contributed by atoms with van der Waals surface area (Å²) in [6.45, 7) is 0. The van der Waals surface area contributed by atoms with Gasteiger partial charge in [-0.25, -0.2) is 5.10 Å². The molecule has 3 rings (SSSR count). The number of hydrogen-bond donors (Lipinski definition) is 1. The van der Waals surface area contributed by atoms with Crippen LogP contribution in [-0.4, -0.2) is 33.1 Å². The van der Waals surface area contributed by atoms with Crippen LogP contribution in [0.2, 0.25) is 0 Å². The molecule has 25 heavy (non-hydrogen) atoms. The van der Waals surface area contributed by atoms with Gasteiger partial charge in [-0.3, -0.25) is 10.1 Å². The van der Waals surface area contributed by atoms with Gasteiger partial charge >= 0.3 is 0 Å². The van der Waals surface area contributed by atoms with Crippen molar-refractivity contribution in [2.75, 3.05) is 7.11 Å². The molecule has 0 saturated carbocycles. The maximum atomic E-state index is 10.9. The minimum atomic E-state index is -0.457. The fraction of sp³-hybridized carbons (Fsp3) is 0.0625. The smallest absolute Gasteiger partial charge is 0.270 e. The molecule has 0 aliphatic carbocycles. The number of benzene rings is 2. The van der Waals surface area contributed by atoms with Crippen LogP contribution in [0.25, 0.3) is 11.4 Å². The van der Waals surface area contributed by atoms with E-state index >= 15 is 0 Å². The third-order valence-electron chi connectivity index (χ3n) is 3.40. The highest BCUT2D eigenvalue weighted by atomic mass is 32.1. The highest BCUT2D eigenvalue weighted by Gasteiger charge is 2.13. The van der Waals surface area contributed by atoms with E-state index in [1.54, 1.807) is 19.2 Å². The van der Waals surface area contributed by atoms with Gasteiger partial charge in [0.2, 0.25) is 4.77 Å². The molecule has 1 heterocycles. The molecule has 0 unspecified atom stereocenters. The first-order valence-corrected chi connectivity index (χ1v) is 7.60. The van der Waals surface area contributed by atoms with Crippen molar-refractivity contribution < 1.29 is 9.66 Å². The van der Waals surface area contributed by atoms with Gasteiger partial charge in [0.25, 0.3) is 5.69 Å². The largest absolute Gasteiger partial charge is 0.496 e. The van der Waals surface area contributed by atoms with Crippen molar-refractivity contribution in [1.82, 2.24) is 14.9 Å². The Bertz CT molecular complexity index is 1010. The van der Waals surface area contributed by atoms with Gasteiger partial charge in [0, 0.05) is 17.7 Å². The Hall–Kier alpha value is -3.33. The van der Waals surface area contributed by atoms with E-state index in [1.807, 2.05) is 24.3 Å². The molecule has 0 spiro atoms. The fourth-order valence-corrected chi connectivity index (χ4v) is 2.42. The van der Waals surface area contributed by atoms with E-state index in [-0.39, 0.29) is 5.69 Å². The Morgan fingerprint density at radius 3 is 2.88 bits per heavy atom. The van der Waals surface area contributed by atoms with Crippen LogP contribution < -0.4 is 4.74 Å². The van der Waals surface area contributed by atoms with Crippen LogP contribution in [0, 0.1) is 14.9 Å². The first-order chi connectivity index (χ1) is 12.1. The van der Waals surface area contributed by atoms with E-state index in [0.717, 1.165) is 0 Å². The summed E-state index contributed by atoms with van der Waals surface area (Å²) >= 11 is 5.22. The van der Waals surface area contributed by atoms with Crippen molar-refractivity contribution in [3.63, 3.8) is 0 Å². The topological polar surface area (TPSA) is 98.3 Å². The van der Waals surface area contributed by atoms with Crippen LogP contribution in [0.3, 0.4) is 0 Å². The Labute approximate surface area is 147 Å². The maximum Gasteiger partial charge on any atom is 0.270 e. The van der Waals surface area contributed by atoms with Gasteiger partial charge in [-0.05, 0) is 24.4 Å². The minimum Gasteiger partial charge on any atom is -0.496 e. The first-order valence-electron chi connectivity index (χ1n) is 7.20. The summed E-state index contributed by atoms with van der Waals surface area (Å²) in [5, 5.41) is 22.1. The van der Waals surface area contributed by atoms with E-state index in [9.17, 15) is 10.1 Å². The lowest BCUT2D eigenvalue weighted by atomic mass is 10.2. The molecule has 0 radical (unpaired) electrons. The molecule has 0 amide bonds. The summed E-state index contributed by atoms with van der Waals surface area (Å²) in [5.74, 6) is 1.10. The summed E-state index contributed by atoms with van der Waals surface area (Å²) in [6.07, 6.45) is 1.48. The van der Waals surface area contributed by atoms with Crippen molar-refractivity contribution in [1.29, 1.82) is 0 Å². The number of aromatic nitrogens is 3. The van der Waals surface area contributed by atoms with Crippen molar-refractivity contribution in [2.45, 2.75) is 0 Å². The lowest BCUT2D eigenvalue weighted by Gasteiger charge is -2.06. The minimum absolute atomic E-state index is 0.00954. The summed E-state index contributed by atoms with van der Waals surface area (Å²) < 4.78 is 7.07. The molecule has 8 nitrogen and oxygen atoms in total. The number of para-hydroxylation sites is 1. The lowest BCUT2D eigenvalue weighted by molar-refractivity contribution is -0.384. The zero-order valence-corrected chi connectivity index (χ0v) is 13.9. The van der Waals surface area contributed by atoms with Gasteiger partial charge in [-0.1, -0.05) is 24.3 Å². The van der Waals surface area contributed by atoms with Crippen molar-refractivity contribution >= 4 is 24.1 Å². The standard InChI is InChI=1S/C16H13N5O3S/c1-24-14-8-3-2-7-13(14)15-18-19-16(25)20(15)17-10-11-5-4-6-12(9-11)21(22)23/h2-10H,1H3,(H,19,25). The molecule has 0 saturated heterocycles. The zero-order valence-electron chi connectivity index (χ0n) is 13.1. The Kier molecular flexibility index (Phi) is 4.66. The fourth-order valence-electron chi connectivity index (χ4n) is 2.25. The highest BCUT2D eigenvalue weighted by molar-refractivity contribution is 7.71. The SMILES string of the molecule is COc1ccccc1-c1n[nH]c(=S)n1N=Cc1cccc([N+](=O)[O-])c1. The molecular formula is C16H13N5O3S. The number of nitrogens with zero attached hydrogens (tertiary/aromatic N) is 4. The predicted octanol–water partition coefficient (Wildman–Crippen LogP) is 3.41. The number of methoxy groups -OCH3 is 1. The molecule has 2 aromatic carbocycles. The summed E-state index contributed by atoms with van der Waals surface area (Å²) in [7, 11) is 1.57. The number of hydrogen-bond acceptors (Lipinski definition) is 6. The molecule has 9 heteroatoms. The van der Waals surface area contributed by atoms with Crippen LogP contribution in [-0.2, 0) is 0 Å². The second-order valence-electron chi connectivity index (χ2n) is 4.96. The quantitative estimate of drug-likeness (QED) is 0.327. The summed E-state index contributed by atoms with van der Waals surface area (Å²) in [4.78, 5) is 10.4. The van der Waals surface area contributed by atoms with E-state index < -0.39 is 4.92 Å². The number of nitro benzene ring substituents is 1. The third-order valence-corrected chi connectivity index (χ3v) is 3.67. The summed E-state index contributed by atoms with van der Waals surface area (Å²) in [5.41, 5.74) is 1.28. The van der Waals surface area contributed by atoms with Gasteiger partial charge < -0.3 is 4.74 Å². The van der Waals surface area contributed by atoms with Crippen molar-refractivity contribution in [3.05, 3.63) is 69.0 Å². The van der Waals surface area contributed by atoms with E-state index in [0.29, 0.717) is 27.5 Å². The van der Waals surface area contributed by atoms with E-state index in [1.165, 1.54) is 23.0 Å². The maximum absolute atomic E-state index is 10.9. The lowest BCUT2D eigenvalue weighted by Crippen LogP contribution is -1.97. The molecule has 0 bridgehead atoms. The monoisotopic (exact) mass is 355 g/mol. The number of rotatable bonds is 5. The number of ether oxygens (including phenoxy) is 1. The Morgan fingerprint density at radius 1 is 1.32 bits per heavy atom. The van der Waals surface area contributed by atoms with Crippen LogP contribution in [0.1, 0.15) is 5.56 Å². The third kappa shape index (κ3) is 3.45. The molecule has 0 atom stereocenters. The van der Waals surface area contributed by atoms with Crippen molar-refractivity contribution in [3.8, 4) is 17.1 Å². The number of H-pyrrole nitrogens is 1. The van der Waals surface area contributed by atoms with E-state index in [4.69, 9.17) is 17.0 Å². The van der Waals surface area contributed by atoms with Crippen LogP contribution in [0.15, 0.2) is 53.6 Å². The van der Waals surface area contributed by atoms with Crippen LogP contribution in [0.4, 0.5) is 5.69 Å². The highest BCUT2D eigenvalue weighted by Crippen LogP contribution is 2.28. The number of nitro groups is 1. The van der Waals surface area contributed by atoms with Gasteiger partial charge in [0.1, 0.15) is 5.75 Å². The normalized spacial score (nSPS) is 10.9. The molecule has 1 aromatic heterocycles. The number of aromatic amines is 1. The van der Waals surface area contributed by atoms with Crippen LogP contribution in [0.5, 0.6) is 5.75 Å². The Balaban J connectivity index is 2.02. The Morgan fingerprint density at radius 2 is 2.12 bits per heavy atom. The molecule has 0 fully saturated rings. The van der Waals surface area contributed by atoms with E-state index in [2.05, 4.69) is 15.3 Å². The molecule has 126 valence electrons. The van der Waals surface area contributed by atoms with Gasteiger partial charge in [-0.15, -0.1) is 0 Å². The average molecular weight is 355 g/mol. The zero-order chi connectivity index (χ0) is 17.8. The first kappa shape index (κ1) is 16.5. The van der Waals surface area contributed by atoms with Crippen LogP contribution >= 0.6 is 12.2 Å². The van der Waals surface area contributed by atoms with Gasteiger partial charge in [0.15, 0.2) is 5.82 Å². The predicted molar refractivity (Wildman–Crippen MR) is 95.5 cm³/mol. The summed E-state index contributed by atoms with van der Waals surface area (Å²) in [6, 6.07) is 13.5. The molecule has 0 aliphatic rings. The number of non-ortho nitro benzene ring substituents is 1. The molecule has 3 aromatic rings. The van der Waals surface area contributed by atoms with Gasteiger partial charge in [0.05, 0.1) is 23.8 Å². The molecule has 0 aliphatic heterocycles.